The molecule has 0 aliphatic carbocycles. The number of halogens is 2. The summed E-state index contributed by atoms with van der Waals surface area (Å²) in [6.07, 6.45) is 0. The number of hydrogen-bond acceptors (Lipinski definition) is 4. The second kappa shape index (κ2) is 9.60. The maximum absolute atomic E-state index is 12.6. The van der Waals surface area contributed by atoms with Gasteiger partial charge in [-0.2, -0.15) is 0 Å². The molecule has 1 amide bonds. The number of carbonyl (C=O) groups excluding carboxylic acids is 1. The van der Waals surface area contributed by atoms with Gasteiger partial charge in [0.25, 0.3) is 15.9 Å². The van der Waals surface area contributed by atoms with Gasteiger partial charge in [0.1, 0.15) is 5.75 Å². The molecule has 0 saturated carbocycles. The Balaban J connectivity index is 1.61. The SMILES string of the molecule is Cc1cccc(NC(=O)COc2ccc(S(=O)(=O)Nc3cc(Cl)cc(Cl)c3)cc2)c1C. The van der Waals surface area contributed by atoms with E-state index in [0.29, 0.717) is 15.8 Å². The minimum atomic E-state index is -3.85. The van der Waals surface area contributed by atoms with Crippen LogP contribution in [-0.2, 0) is 14.8 Å². The Hall–Kier alpha value is -2.74. The lowest BCUT2D eigenvalue weighted by Gasteiger charge is -2.12. The summed E-state index contributed by atoms with van der Waals surface area (Å²) >= 11 is 11.8. The highest BCUT2D eigenvalue weighted by Crippen LogP contribution is 2.25. The Morgan fingerprint density at radius 1 is 0.968 bits per heavy atom. The second-order valence-corrected chi connectivity index (χ2v) is 9.37. The molecule has 0 unspecified atom stereocenters. The van der Waals surface area contributed by atoms with Gasteiger partial charge in [-0.1, -0.05) is 35.3 Å². The monoisotopic (exact) mass is 478 g/mol. The van der Waals surface area contributed by atoms with Gasteiger partial charge in [-0.05, 0) is 73.5 Å². The van der Waals surface area contributed by atoms with Gasteiger partial charge >= 0.3 is 0 Å². The first kappa shape index (κ1) is 22.9. The van der Waals surface area contributed by atoms with Crippen molar-refractivity contribution in [3.05, 3.63) is 81.8 Å². The van der Waals surface area contributed by atoms with Crippen LogP contribution in [0.5, 0.6) is 5.75 Å². The van der Waals surface area contributed by atoms with Crippen molar-refractivity contribution in [3.63, 3.8) is 0 Å². The molecule has 0 aromatic heterocycles. The van der Waals surface area contributed by atoms with E-state index in [1.807, 2.05) is 32.0 Å². The van der Waals surface area contributed by atoms with Crippen molar-refractivity contribution in [1.82, 2.24) is 0 Å². The molecule has 0 radical (unpaired) electrons. The minimum Gasteiger partial charge on any atom is -0.484 e. The molecule has 9 heteroatoms. The molecule has 3 rings (SSSR count). The van der Waals surface area contributed by atoms with E-state index in [0.717, 1.165) is 16.8 Å². The van der Waals surface area contributed by atoms with E-state index in [4.69, 9.17) is 27.9 Å². The summed E-state index contributed by atoms with van der Waals surface area (Å²) in [4.78, 5) is 12.2. The van der Waals surface area contributed by atoms with Crippen molar-refractivity contribution < 1.29 is 17.9 Å². The Morgan fingerprint density at radius 3 is 2.26 bits per heavy atom. The molecule has 0 aliphatic rings. The highest BCUT2D eigenvalue weighted by Gasteiger charge is 2.15. The first-order valence-corrected chi connectivity index (χ1v) is 11.5. The van der Waals surface area contributed by atoms with E-state index in [1.165, 1.54) is 42.5 Å². The van der Waals surface area contributed by atoms with Gasteiger partial charge in [-0.25, -0.2) is 8.42 Å². The fourth-order valence-electron chi connectivity index (χ4n) is 2.76. The third-order valence-corrected chi connectivity index (χ3v) is 6.33. The summed E-state index contributed by atoms with van der Waals surface area (Å²) in [5, 5.41) is 3.43. The van der Waals surface area contributed by atoms with Gasteiger partial charge in [-0.15, -0.1) is 0 Å². The van der Waals surface area contributed by atoms with Crippen LogP contribution >= 0.6 is 23.2 Å². The predicted molar refractivity (Wildman–Crippen MR) is 124 cm³/mol. The number of nitrogens with one attached hydrogen (secondary N) is 2. The van der Waals surface area contributed by atoms with Crippen LogP contribution in [-0.4, -0.2) is 20.9 Å². The third kappa shape index (κ3) is 6.13. The van der Waals surface area contributed by atoms with Gasteiger partial charge in [0.15, 0.2) is 6.61 Å². The third-order valence-electron chi connectivity index (χ3n) is 4.50. The number of carbonyl (C=O) groups is 1. The molecule has 162 valence electrons. The van der Waals surface area contributed by atoms with Crippen LogP contribution in [0.2, 0.25) is 10.0 Å². The van der Waals surface area contributed by atoms with Gasteiger partial charge < -0.3 is 10.1 Å². The molecule has 0 heterocycles. The number of sulfonamides is 1. The lowest BCUT2D eigenvalue weighted by molar-refractivity contribution is -0.118. The van der Waals surface area contributed by atoms with Crippen LogP contribution in [0.25, 0.3) is 0 Å². The number of hydrogen-bond donors (Lipinski definition) is 2. The number of aryl methyl sites for hydroxylation is 1. The van der Waals surface area contributed by atoms with Crippen molar-refractivity contribution in [3.8, 4) is 5.75 Å². The second-order valence-electron chi connectivity index (χ2n) is 6.82. The standard InChI is InChI=1S/C22H20Cl2N2O4S/c1-14-4-3-5-21(15(14)2)25-22(27)13-30-19-6-8-20(9-7-19)31(28,29)26-18-11-16(23)10-17(24)12-18/h3-12,26H,13H2,1-2H3,(H,25,27). The van der Waals surface area contributed by atoms with Crippen molar-refractivity contribution in [2.45, 2.75) is 18.7 Å². The van der Waals surface area contributed by atoms with E-state index < -0.39 is 10.0 Å². The van der Waals surface area contributed by atoms with Crippen molar-refractivity contribution >= 4 is 50.5 Å². The predicted octanol–water partition coefficient (Wildman–Crippen LogP) is 5.43. The molecule has 0 fully saturated rings. The first-order chi connectivity index (χ1) is 14.6. The van der Waals surface area contributed by atoms with Crippen LogP contribution in [0.4, 0.5) is 11.4 Å². The van der Waals surface area contributed by atoms with Crippen molar-refractivity contribution in [2.75, 3.05) is 16.6 Å². The van der Waals surface area contributed by atoms with Gasteiger partial charge in [0.2, 0.25) is 0 Å². The van der Waals surface area contributed by atoms with E-state index in [-0.39, 0.29) is 23.1 Å². The van der Waals surface area contributed by atoms with Crippen LogP contribution < -0.4 is 14.8 Å². The fourth-order valence-corrected chi connectivity index (χ4v) is 4.33. The van der Waals surface area contributed by atoms with Crippen molar-refractivity contribution in [2.24, 2.45) is 0 Å². The van der Waals surface area contributed by atoms with E-state index in [2.05, 4.69) is 10.0 Å². The molecule has 2 N–H and O–H groups in total. The average Bonchev–Trinajstić information content (AvgIpc) is 2.69. The molecular formula is C22H20Cl2N2O4S. The summed E-state index contributed by atoms with van der Waals surface area (Å²) in [5.41, 5.74) is 3.03. The summed E-state index contributed by atoms with van der Waals surface area (Å²) < 4.78 is 33.0. The molecule has 0 aliphatic heterocycles. The van der Waals surface area contributed by atoms with E-state index in [1.54, 1.807) is 0 Å². The first-order valence-electron chi connectivity index (χ1n) is 9.22. The number of amides is 1. The molecular weight excluding hydrogens is 459 g/mol. The minimum absolute atomic E-state index is 0.0239. The largest absolute Gasteiger partial charge is 0.484 e. The smallest absolute Gasteiger partial charge is 0.262 e. The number of benzene rings is 3. The zero-order valence-corrected chi connectivity index (χ0v) is 19.1. The maximum Gasteiger partial charge on any atom is 0.262 e. The normalized spacial score (nSPS) is 11.1. The summed E-state index contributed by atoms with van der Waals surface area (Å²) in [7, 11) is -3.85. The maximum atomic E-state index is 12.6. The molecule has 0 spiro atoms. The van der Waals surface area contributed by atoms with E-state index >= 15 is 0 Å². The van der Waals surface area contributed by atoms with E-state index in [9.17, 15) is 13.2 Å². The molecule has 3 aromatic carbocycles. The highest BCUT2D eigenvalue weighted by molar-refractivity contribution is 7.92. The Bertz CT molecular complexity index is 1190. The summed E-state index contributed by atoms with van der Waals surface area (Å²) in [5.74, 6) is 0.0470. The van der Waals surface area contributed by atoms with Crippen molar-refractivity contribution in [1.29, 1.82) is 0 Å². The van der Waals surface area contributed by atoms with Crippen LogP contribution in [0, 0.1) is 13.8 Å². The summed E-state index contributed by atoms with van der Waals surface area (Å²) in [6, 6.07) is 15.8. The highest BCUT2D eigenvalue weighted by atomic mass is 35.5. The Labute approximate surface area is 191 Å². The van der Waals surface area contributed by atoms with Gasteiger partial charge in [0.05, 0.1) is 10.6 Å². The summed E-state index contributed by atoms with van der Waals surface area (Å²) in [6.45, 7) is 3.68. The molecule has 0 atom stereocenters. The number of rotatable bonds is 7. The van der Waals surface area contributed by atoms with Crippen LogP contribution in [0.1, 0.15) is 11.1 Å². The van der Waals surface area contributed by atoms with Gasteiger partial charge in [0, 0.05) is 15.7 Å². The topological polar surface area (TPSA) is 84.5 Å². The van der Waals surface area contributed by atoms with Crippen LogP contribution in [0.15, 0.2) is 65.6 Å². The van der Waals surface area contributed by atoms with Gasteiger partial charge in [-0.3, -0.25) is 9.52 Å². The molecule has 3 aromatic rings. The molecule has 0 bridgehead atoms. The lowest BCUT2D eigenvalue weighted by atomic mass is 10.1. The quantitative estimate of drug-likeness (QED) is 0.474. The number of ether oxygens (including phenoxy) is 1. The molecule has 0 saturated heterocycles. The molecule has 31 heavy (non-hydrogen) atoms. The Morgan fingerprint density at radius 2 is 1.61 bits per heavy atom. The van der Waals surface area contributed by atoms with Crippen LogP contribution in [0.3, 0.4) is 0 Å². The average molecular weight is 479 g/mol. The number of anilines is 2. The zero-order valence-electron chi connectivity index (χ0n) is 16.8. The fraction of sp³-hybridized carbons (Fsp3) is 0.136. The zero-order chi connectivity index (χ0) is 22.6. The lowest BCUT2D eigenvalue weighted by Crippen LogP contribution is -2.20. The Kier molecular flexibility index (Phi) is 7.10. The molecule has 6 nitrogen and oxygen atoms in total.